The van der Waals surface area contributed by atoms with E-state index in [2.05, 4.69) is 16.0 Å². The van der Waals surface area contributed by atoms with Crippen LogP contribution < -0.4 is 16.0 Å². The van der Waals surface area contributed by atoms with Gasteiger partial charge in [-0.1, -0.05) is 115 Å². The van der Waals surface area contributed by atoms with E-state index in [1.54, 1.807) is 75.4 Å². The summed E-state index contributed by atoms with van der Waals surface area (Å²) in [5.41, 5.74) is -1.23. The Morgan fingerprint density at radius 1 is 0.612 bits per heavy atom. The number of aliphatic hydroxyl groups is 1. The molecule has 5 rings (SSSR count). The fraction of sp³-hybridized carbons (Fsp3) is 0.571. The molecule has 85 heavy (non-hydrogen) atoms. The standard InChI is InChI=1S/C63H87F3N8O11/c1-15-37(5)50-59(81)70(11)39(7)53(75)67-46(31-36(3)4)57(79)73(14)52(62(9,10)84)61(83)85-51(38(6)16-2)60(82)71(12)40(8)54(76)68-47(33-41-23-18-17-19-24-41)56(78)72(13)49(58(80)74-30-22-29-48(74)55(77)69-50)34-42-25-20-26-43(32-42)44-27-21-28-45(35-44)63(64,65)66/h17-21,23-28,32,35-40,46-52,84H,15-16,22,29-31,33-34H2,1-14H3,(H,67,75)(H,68,76)(H,69,77)/t37?,38?,39-,40-,46?,47?,48-,49-,50?,51+,52?/m0/s1. The number of hydrogen-bond donors (Lipinski definition) is 4. The molecule has 3 aromatic rings. The molecule has 4 N–H and O–H groups in total. The number of fused-ring (bicyclic) bond motifs is 1. The third-order valence-electron chi connectivity index (χ3n) is 16.7. The first-order valence-corrected chi connectivity index (χ1v) is 29.2. The second kappa shape index (κ2) is 29.2. The highest BCUT2D eigenvalue weighted by Crippen LogP contribution is 2.33. The van der Waals surface area contributed by atoms with Crippen molar-refractivity contribution in [3.05, 3.63) is 95.6 Å². The zero-order valence-electron chi connectivity index (χ0n) is 51.5. The van der Waals surface area contributed by atoms with Gasteiger partial charge in [-0.25, -0.2) is 4.79 Å². The van der Waals surface area contributed by atoms with Gasteiger partial charge in [0.25, 0.3) is 5.91 Å². The first-order chi connectivity index (χ1) is 39.7. The van der Waals surface area contributed by atoms with Gasteiger partial charge in [-0.15, -0.1) is 0 Å². The lowest BCUT2D eigenvalue weighted by molar-refractivity contribution is -0.177. The molecular weight excluding hydrogens is 1100 g/mol. The van der Waals surface area contributed by atoms with Crippen molar-refractivity contribution in [3.8, 4) is 11.1 Å². The summed E-state index contributed by atoms with van der Waals surface area (Å²) in [4.78, 5) is 139. The molecule has 0 saturated carbocycles. The van der Waals surface area contributed by atoms with Crippen LogP contribution in [0.5, 0.6) is 0 Å². The largest absolute Gasteiger partial charge is 0.450 e. The average Bonchev–Trinajstić information content (AvgIpc) is 3.30. The van der Waals surface area contributed by atoms with Gasteiger partial charge in [0.1, 0.15) is 42.3 Å². The van der Waals surface area contributed by atoms with Crippen molar-refractivity contribution in [3.63, 3.8) is 0 Å². The minimum atomic E-state index is -4.63. The highest BCUT2D eigenvalue weighted by molar-refractivity contribution is 5.99. The average molecular weight is 1190 g/mol. The molecule has 0 aromatic heterocycles. The third kappa shape index (κ3) is 17.0. The third-order valence-corrected chi connectivity index (χ3v) is 16.7. The number of carbonyl (C=O) groups excluding carboxylic acids is 9. The Morgan fingerprint density at radius 2 is 1.15 bits per heavy atom. The van der Waals surface area contributed by atoms with Crippen LogP contribution in [-0.4, -0.2) is 178 Å². The van der Waals surface area contributed by atoms with E-state index in [1.807, 2.05) is 20.8 Å². The number of ether oxygens (including phenoxy) is 1. The Hall–Kier alpha value is -7.36. The Morgan fingerprint density at radius 3 is 1.72 bits per heavy atom. The number of hydrogen-bond acceptors (Lipinski definition) is 11. The van der Waals surface area contributed by atoms with Gasteiger partial charge >= 0.3 is 12.1 Å². The highest BCUT2D eigenvalue weighted by atomic mass is 19.4. The first-order valence-electron chi connectivity index (χ1n) is 29.2. The number of amides is 8. The van der Waals surface area contributed by atoms with Crippen LogP contribution in [0.3, 0.4) is 0 Å². The van der Waals surface area contributed by atoms with Gasteiger partial charge in [0, 0.05) is 53.5 Å². The summed E-state index contributed by atoms with van der Waals surface area (Å²) in [5.74, 6) is -8.58. The molecule has 8 amide bonds. The smallest absolute Gasteiger partial charge is 0.416 e. The number of carbonyl (C=O) groups is 9. The maximum absolute atomic E-state index is 15.5. The molecule has 0 radical (unpaired) electrons. The van der Waals surface area contributed by atoms with Crippen molar-refractivity contribution >= 4 is 53.2 Å². The summed E-state index contributed by atoms with van der Waals surface area (Å²) in [6, 6.07) is 9.05. The number of cyclic esters (lactones) is 1. The zero-order valence-corrected chi connectivity index (χ0v) is 51.5. The number of nitrogens with one attached hydrogen (secondary N) is 3. The van der Waals surface area contributed by atoms with Gasteiger partial charge in [0.15, 0.2) is 12.1 Å². The van der Waals surface area contributed by atoms with Crippen LogP contribution in [0.1, 0.15) is 118 Å². The van der Waals surface area contributed by atoms with E-state index in [-0.39, 0.29) is 50.1 Å². The monoisotopic (exact) mass is 1190 g/mol. The molecule has 0 aliphatic carbocycles. The van der Waals surface area contributed by atoms with Gasteiger partial charge in [-0.3, -0.25) is 38.4 Å². The predicted molar refractivity (Wildman–Crippen MR) is 313 cm³/mol. The van der Waals surface area contributed by atoms with Crippen LogP contribution in [0, 0.1) is 17.8 Å². The van der Waals surface area contributed by atoms with Crippen LogP contribution >= 0.6 is 0 Å². The second-order valence-electron chi connectivity index (χ2n) is 23.9. The minimum absolute atomic E-state index is 0.0501. The number of nitrogens with zero attached hydrogens (tertiary/aromatic N) is 5. The summed E-state index contributed by atoms with van der Waals surface area (Å²) in [5, 5.41) is 20.0. The van der Waals surface area contributed by atoms with Crippen LogP contribution in [0.2, 0.25) is 0 Å². The van der Waals surface area contributed by atoms with Gasteiger partial charge in [-0.2, -0.15) is 13.2 Å². The zero-order chi connectivity index (χ0) is 63.6. The Bertz CT molecular complexity index is 2880. The van der Waals surface area contributed by atoms with Crippen molar-refractivity contribution in [1.29, 1.82) is 0 Å². The summed E-state index contributed by atoms with van der Waals surface area (Å²) in [6.45, 7) is 16.0. The molecule has 19 nitrogen and oxygen atoms in total. The molecule has 2 aliphatic rings. The Labute approximate surface area is 497 Å². The maximum atomic E-state index is 15.5. The second-order valence-corrected chi connectivity index (χ2v) is 23.9. The molecule has 2 saturated heterocycles. The van der Waals surface area contributed by atoms with Crippen LogP contribution in [-0.2, 0) is 66.9 Å². The quantitative estimate of drug-likeness (QED) is 0.159. The molecule has 11 atom stereocenters. The van der Waals surface area contributed by atoms with Crippen molar-refractivity contribution in [1.82, 2.24) is 40.4 Å². The molecule has 466 valence electrons. The Balaban J connectivity index is 1.68. The summed E-state index contributed by atoms with van der Waals surface area (Å²) < 4.78 is 47.8. The van der Waals surface area contributed by atoms with Gasteiger partial charge in [-0.05, 0) is 99.6 Å². The summed E-state index contributed by atoms with van der Waals surface area (Å²) >= 11 is 0. The fourth-order valence-electron chi connectivity index (χ4n) is 10.8. The van der Waals surface area contributed by atoms with Gasteiger partial charge in [0.2, 0.25) is 41.4 Å². The number of benzene rings is 3. The maximum Gasteiger partial charge on any atom is 0.416 e. The van der Waals surface area contributed by atoms with Crippen molar-refractivity contribution in [2.75, 3.05) is 34.7 Å². The number of halogens is 3. The molecule has 2 fully saturated rings. The van der Waals surface area contributed by atoms with E-state index < -0.39 is 137 Å². The van der Waals surface area contributed by atoms with Crippen LogP contribution in [0.4, 0.5) is 13.2 Å². The Kier molecular flexibility index (Phi) is 23.5. The topological polar surface area (TPSA) is 235 Å². The van der Waals surface area contributed by atoms with Gasteiger partial charge in [0.05, 0.1) is 11.2 Å². The molecule has 0 spiro atoms. The number of esters is 1. The predicted octanol–water partition coefficient (Wildman–Crippen LogP) is 5.79. The molecule has 6 unspecified atom stereocenters. The van der Waals surface area contributed by atoms with E-state index in [9.17, 15) is 51.8 Å². The summed E-state index contributed by atoms with van der Waals surface area (Å²) in [6.07, 6.45) is -5.33. The normalized spacial score (nSPS) is 25.5. The number of rotatable bonds is 12. The molecule has 3 aromatic carbocycles. The highest BCUT2D eigenvalue weighted by Gasteiger charge is 2.47. The lowest BCUT2D eigenvalue weighted by Gasteiger charge is -2.39. The van der Waals surface area contributed by atoms with Crippen molar-refractivity contribution in [2.24, 2.45) is 17.8 Å². The molecule has 2 heterocycles. The minimum Gasteiger partial charge on any atom is -0.450 e. The lowest BCUT2D eigenvalue weighted by Crippen LogP contribution is -2.62. The number of alkyl halides is 3. The summed E-state index contributed by atoms with van der Waals surface area (Å²) in [7, 11) is 5.33. The van der Waals surface area contributed by atoms with Crippen molar-refractivity contribution in [2.45, 2.75) is 180 Å². The van der Waals surface area contributed by atoms with E-state index in [4.69, 9.17) is 4.74 Å². The van der Waals surface area contributed by atoms with Gasteiger partial charge < -0.3 is 50.3 Å². The molecule has 22 heteroatoms. The van der Waals surface area contributed by atoms with E-state index in [1.165, 1.54) is 77.8 Å². The number of likely N-dealkylation sites (N-methyl/N-ethyl adjacent to an activating group) is 4. The van der Waals surface area contributed by atoms with Crippen molar-refractivity contribution < 1.29 is 66.2 Å². The lowest BCUT2D eigenvalue weighted by atomic mass is 9.94. The SMILES string of the molecule is CCC(C)C1NC(=O)[C@@H]2CCCN2C(=O)[C@H](Cc2cccc(-c3cccc(C(F)(F)F)c3)c2)N(C)C(=O)C(Cc2ccccc2)NC(=O)[C@H](C)N(C)C(=O)[C@@H](C(C)CC)OC(=O)C(C(C)(C)O)N(C)C(=O)C(CC(C)C)NC(=O)[C@H](C)N(C)C1=O. The molecule has 2 aliphatic heterocycles. The van der Waals surface area contributed by atoms with E-state index >= 15 is 9.59 Å². The van der Waals surface area contributed by atoms with E-state index in [0.717, 1.165) is 26.8 Å². The molecular formula is C63H87F3N8O11. The van der Waals surface area contributed by atoms with Crippen LogP contribution in [0.15, 0.2) is 78.9 Å². The van der Waals surface area contributed by atoms with E-state index in [0.29, 0.717) is 29.5 Å². The first kappa shape index (κ1) is 68.4. The van der Waals surface area contributed by atoms with Crippen LogP contribution in [0.25, 0.3) is 11.1 Å². The molecule has 0 bridgehead atoms. The fourth-order valence-corrected chi connectivity index (χ4v) is 10.8.